The van der Waals surface area contributed by atoms with Gasteiger partial charge in [0.1, 0.15) is 15.6 Å². The molecule has 0 aliphatic heterocycles. The standard InChI is InChI=1S/C14H23FP/c1-13(2,3)16(15,14(4,5)6)12-10-8-7-9-11-12/h7-11H,1-6H3/q+1. The third kappa shape index (κ3) is 2.15. The van der Waals surface area contributed by atoms with Gasteiger partial charge < -0.3 is 0 Å². The Balaban J connectivity index is 3.39. The van der Waals surface area contributed by atoms with Crippen LogP contribution in [-0.2, 0) is 0 Å². The Kier molecular flexibility index (Phi) is 3.50. The first-order chi connectivity index (χ1) is 7.11. The first-order valence-corrected chi connectivity index (χ1v) is 7.43. The molecule has 0 aliphatic carbocycles. The highest BCUT2D eigenvalue weighted by atomic mass is 31.2. The first kappa shape index (κ1) is 13.6. The summed E-state index contributed by atoms with van der Waals surface area (Å²) in [6.07, 6.45) is 0. The average Bonchev–Trinajstić information content (AvgIpc) is 2.14. The van der Waals surface area contributed by atoms with Crippen LogP contribution in [0.4, 0.5) is 4.20 Å². The molecule has 0 fully saturated rings. The molecule has 0 nitrogen and oxygen atoms in total. The molecular weight excluding hydrogens is 218 g/mol. The Hall–Kier alpha value is -0.420. The van der Waals surface area contributed by atoms with Crippen molar-refractivity contribution in [2.24, 2.45) is 0 Å². The molecule has 0 aliphatic rings. The van der Waals surface area contributed by atoms with Gasteiger partial charge in [-0.25, -0.2) is 0 Å². The Morgan fingerprint density at radius 1 is 0.812 bits per heavy atom. The van der Waals surface area contributed by atoms with E-state index >= 15 is 4.20 Å². The molecule has 0 unspecified atom stereocenters. The maximum atomic E-state index is 15.6. The molecule has 0 amide bonds. The molecule has 0 spiro atoms. The summed E-state index contributed by atoms with van der Waals surface area (Å²) in [6, 6.07) is 9.68. The highest BCUT2D eigenvalue weighted by Gasteiger charge is 2.62. The van der Waals surface area contributed by atoms with Crippen LogP contribution in [0, 0.1) is 0 Å². The minimum Gasteiger partial charge on any atom is -0.0620 e. The Labute approximate surface area is 99.7 Å². The van der Waals surface area contributed by atoms with E-state index in [1.807, 2.05) is 71.9 Å². The van der Waals surface area contributed by atoms with Crippen LogP contribution in [0.3, 0.4) is 0 Å². The second-order valence-electron chi connectivity index (χ2n) is 6.27. The summed E-state index contributed by atoms with van der Waals surface area (Å²) in [5.41, 5.74) is 0. The Bertz CT molecular complexity index is 329. The topological polar surface area (TPSA) is 0 Å². The first-order valence-electron chi connectivity index (χ1n) is 5.75. The maximum absolute atomic E-state index is 15.6. The van der Waals surface area contributed by atoms with E-state index in [0.29, 0.717) is 0 Å². The Morgan fingerprint density at radius 3 is 1.50 bits per heavy atom. The highest BCUT2D eigenvalue weighted by Crippen LogP contribution is 2.76. The lowest BCUT2D eigenvalue weighted by atomic mass is 10.2. The van der Waals surface area contributed by atoms with Crippen molar-refractivity contribution in [2.75, 3.05) is 0 Å². The van der Waals surface area contributed by atoms with E-state index < -0.39 is 7.57 Å². The zero-order chi connectivity index (χ0) is 12.6. The second-order valence-corrected chi connectivity index (χ2v) is 10.6. The largest absolute Gasteiger partial charge is 0.244 e. The van der Waals surface area contributed by atoms with Crippen molar-refractivity contribution in [2.45, 2.75) is 51.9 Å². The molecule has 1 rings (SSSR count). The molecular formula is C14H23FP+. The zero-order valence-corrected chi connectivity index (χ0v) is 12.1. The zero-order valence-electron chi connectivity index (χ0n) is 11.2. The predicted octanol–water partition coefficient (Wildman–Crippen LogP) is 4.81. The van der Waals surface area contributed by atoms with Gasteiger partial charge in [-0.2, -0.15) is 0 Å². The molecule has 1 aromatic carbocycles. The van der Waals surface area contributed by atoms with Crippen molar-refractivity contribution in [1.82, 2.24) is 0 Å². The van der Waals surface area contributed by atoms with Crippen LogP contribution < -0.4 is 5.30 Å². The Morgan fingerprint density at radius 2 is 1.19 bits per heavy atom. The maximum Gasteiger partial charge on any atom is 0.244 e. The molecule has 90 valence electrons. The number of hydrogen-bond acceptors (Lipinski definition) is 0. The van der Waals surface area contributed by atoms with Gasteiger partial charge in [-0.05, 0) is 53.7 Å². The van der Waals surface area contributed by atoms with Crippen LogP contribution >= 0.6 is 7.57 Å². The van der Waals surface area contributed by atoms with Crippen molar-refractivity contribution in [3.05, 3.63) is 30.3 Å². The van der Waals surface area contributed by atoms with E-state index in [9.17, 15) is 0 Å². The van der Waals surface area contributed by atoms with Gasteiger partial charge in [0, 0.05) is 0 Å². The van der Waals surface area contributed by atoms with Gasteiger partial charge >= 0.3 is 0 Å². The van der Waals surface area contributed by atoms with Crippen LogP contribution in [0.25, 0.3) is 0 Å². The van der Waals surface area contributed by atoms with Gasteiger partial charge in [0.25, 0.3) is 0 Å². The predicted molar refractivity (Wildman–Crippen MR) is 73.6 cm³/mol. The summed E-state index contributed by atoms with van der Waals surface area (Å²) < 4.78 is 15.6. The fourth-order valence-corrected chi connectivity index (χ4v) is 6.56. The fourth-order valence-electron chi connectivity index (χ4n) is 2.41. The van der Waals surface area contributed by atoms with Gasteiger partial charge in [0.2, 0.25) is 7.57 Å². The van der Waals surface area contributed by atoms with Crippen molar-refractivity contribution in [1.29, 1.82) is 0 Å². The quantitative estimate of drug-likeness (QED) is 0.619. The summed E-state index contributed by atoms with van der Waals surface area (Å²) in [5.74, 6) is 0. The van der Waals surface area contributed by atoms with E-state index in [4.69, 9.17) is 0 Å². The molecule has 0 aromatic heterocycles. The highest BCUT2D eigenvalue weighted by molar-refractivity contribution is 7.80. The summed E-state index contributed by atoms with van der Waals surface area (Å²) in [7, 11) is -2.69. The van der Waals surface area contributed by atoms with Gasteiger partial charge in [-0.15, -0.1) is 0 Å². The van der Waals surface area contributed by atoms with Gasteiger partial charge in [0.05, 0.1) is 0 Å². The molecule has 1 aromatic rings. The molecule has 0 saturated carbocycles. The van der Waals surface area contributed by atoms with E-state index in [1.54, 1.807) is 0 Å². The molecule has 0 saturated heterocycles. The lowest BCUT2D eigenvalue weighted by Gasteiger charge is -2.38. The summed E-state index contributed by atoms with van der Waals surface area (Å²) in [4.78, 5) is 0. The number of benzene rings is 1. The third-order valence-electron chi connectivity index (χ3n) is 2.96. The van der Waals surface area contributed by atoms with Crippen molar-refractivity contribution in [3.8, 4) is 0 Å². The van der Waals surface area contributed by atoms with Crippen molar-refractivity contribution >= 4 is 12.9 Å². The van der Waals surface area contributed by atoms with Crippen molar-refractivity contribution < 1.29 is 4.20 Å². The monoisotopic (exact) mass is 241 g/mol. The lowest BCUT2D eigenvalue weighted by molar-refractivity contribution is 0.623. The van der Waals surface area contributed by atoms with E-state index in [1.165, 1.54) is 0 Å². The number of hydrogen-bond donors (Lipinski definition) is 0. The van der Waals surface area contributed by atoms with E-state index in [0.717, 1.165) is 5.30 Å². The van der Waals surface area contributed by atoms with Crippen LogP contribution in [-0.4, -0.2) is 10.3 Å². The third-order valence-corrected chi connectivity index (χ3v) is 7.67. The van der Waals surface area contributed by atoms with Crippen LogP contribution in [0.2, 0.25) is 0 Å². The van der Waals surface area contributed by atoms with Crippen molar-refractivity contribution in [3.63, 3.8) is 0 Å². The van der Waals surface area contributed by atoms with Crippen LogP contribution in [0.5, 0.6) is 0 Å². The average molecular weight is 241 g/mol. The molecule has 0 heterocycles. The summed E-state index contributed by atoms with van der Waals surface area (Å²) >= 11 is 0. The number of halogens is 1. The molecule has 2 heteroatoms. The van der Waals surface area contributed by atoms with Crippen LogP contribution in [0.15, 0.2) is 30.3 Å². The molecule has 0 radical (unpaired) electrons. The van der Waals surface area contributed by atoms with Gasteiger partial charge in [0.15, 0.2) is 0 Å². The molecule has 16 heavy (non-hydrogen) atoms. The lowest BCUT2D eigenvalue weighted by Crippen LogP contribution is -2.37. The summed E-state index contributed by atoms with van der Waals surface area (Å²) in [6.45, 7) is 12.1. The smallest absolute Gasteiger partial charge is 0.0620 e. The van der Waals surface area contributed by atoms with Gasteiger partial charge in [-0.3, -0.25) is 0 Å². The van der Waals surface area contributed by atoms with E-state index in [-0.39, 0.29) is 10.3 Å². The van der Waals surface area contributed by atoms with Gasteiger partial charge in [-0.1, -0.05) is 22.4 Å². The second kappa shape index (κ2) is 4.11. The molecule has 0 N–H and O–H groups in total. The van der Waals surface area contributed by atoms with E-state index in [2.05, 4.69) is 0 Å². The number of rotatable bonds is 1. The normalized spacial score (nSPS) is 13.9. The minimum absolute atomic E-state index is 0.313. The molecule has 0 atom stereocenters. The molecule has 0 bridgehead atoms. The SMILES string of the molecule is CC(C)(C)[P+](F)(c1ccccc1)C(C)(C)C. The fraction of sp³-hybridized carbons (Fsp3) is 0.571. The minimum atomic E-state index is -2.69. The summed E-state index contributed by atoms with van der Waals surface area (Å²) in [5, 5.41) is 0.258. The van der Waals surface area contributed by atoms with Crippen LogP contribution in [0.1, 0.15) is 41.5 Å².